The Balaban J connectivity index is 2.31. The molecule has 1 atom stereocenters. The number of piperidine rings is 1. The minimum atomic E-state index is -0.399. The molecular weight excluding hydrogens is 226 g/mol. The number of carbonyl (C=O) groups is 1. The highest BCUT2D eigenvalue weighted by atomic mass is 16.2. The molecule has 0 aromatic carbocycles. The van der Waals surface area contributed by atoms with Crippen molar-refractivity contribution in [2.45, 2.75) is 40.0 Å². The van der Waals surface area contributed by atoms with Gasteiger partial charge in [-0.3, -0.25) is 4.79 Å². The molecule has 1 aliphatic heterocycles. The fraction of sp³-hybridized carbons (Fsp3) is 0.929. The van der Waals surface area contributed by atoms with Gasteiger partial charge in [-0.2, -0.15) is 0 Å². The summed E-state index contributed by atoms with van der Waals surface area (Å²) in [5.41, 5.74) is 5.30. The molecule has 1 heterocycles. The first kappa shape index (κ1) is 15.4. The zero-order valence-corrected chi connectivity index (χ0v) is 12.2. The van der Waals surface area contributed by atoms with Crippen molar-refractivity contribution in [1.29, 1.82) is 0 Å². The van der Waals surface area contributed by atoms with Crippen LogP contribution < -0.4 is 11.1 Å². The number of nitrogens with zero attached hydrogens (tertiary/aromatic N) is 1. The molecule has 0 radical (unpaired) electrons. The molecule has 106 valence electrons. The van der Waals surface area contributed by atoms with Gasteiger partial charge in [-0.15, -0.1) is 0 Å². The van der Waals surface area contributed by atoms with Gasteiger partial charge in [0.15, 0.2) is 0 Å². The van der Waals surface area contributed by atoms with Crippen molar-refractivity contribution in [2.75, 3.05) is 32.7 Å². The highest BCUT2D eigenvalue weighted by molar-refractivity contribution is 5.82. The highest BCUT2D eigenvalue weighted by Gasteiger charge is 2.30. The van der Waals surface area contributed by atoms with E-state index in [2.05, 4.69) is 17.1 Å². The number of hydrogen-bond acceptors (Lipinski definition) is 3. The molecule has 1 amide bonds. The van der Waals surface area contributed by atoms with Gasteiger partial charge in [0.1, 0.15) is 0 Å². The zero-order chi connectivity index (χ0) is 13.6. The average molecular weight is 255 g/mol. The van der Waals surface area contributed by atoms with Crippen LogP contribution in [-0.2, 0) is 4.79 Å². The van der Waals surface area contributed by atoms with Crippen LogP contribution in [0.3, 0.4) is 0 Å². The quantitative estimate of drug-likeness (QED) is 0.750. The molecule has 0 aromatic rings. The molecular formula is C14H29N3O. The fourth-order valence-corrected chi connectivity index (χ4v) is 2.35. The van der Waals surface area contributed by atoms with Gasteiger partial charge in [0, 0.05) is 13.1 Å². The Hall–Kier alpha value is -0.610. The molecule has 0 aromatic heterocycles. The standard InChI is InChI=1S/C14H29N3O/c1-4-14(3,11-15)13(18)16-10-12-6-8-17(5-2)9-7-12/h12H,4-11,15H2,1-3H3,(H,16,18). The summed E-state index contributed by atoms with van der Waals surface area (Å²) in [6.45, 7) is 10.9. The summed E-state index contributed by atoms with van der Waals surface area (Å²) in [5, 5.41) is 3.09. The van der Waals surface area contributed by atoms with Crippen LogP contribution in [0.1, 0.15) is 40.0 Å². The lowest BCUT2D eigenvalue weighted by Gasteiger charge is -2.32. The van der Waals surface area contributed by atoms with Gasteiger partial charge < -0.3 is 16.0 Å². The van der Waals surface area contributed by atoms with Crippen molar-refractivity contribution in [3.8, 4) is 0 Å². The maximum Gasteiger partial charge on any atom is 0.227 e. The second-order valence-corrected chi connectivity index (χ2v) is 5.71. The molecule has 4 nitrogen and oxygen atoms in total. The van der Waals surface area contributed by atoms with Gasteiger partial charge in [-0.05, 0) is 51.7 Å². The van der Waals surface area contributed by atoms with E-state index in [1.54, 1.807) is 0 Å². The number of nitrogens with one attached hydrogen (secondary N) is 1. The number of likely N-dealkylation sites (tertiary alicyclic amines) is 1. The van der Waals surface area contributed by atoms with E-state index in [4.69, 9.17) is 5.73 Å². The summed E-state index contributed by atoms with van der Waals surface area (Å²) in [4.78, 5) is 14.6. The van der Waals surface area contributed by atoms with E-state index >= 15 is 0 Å². The number of hydrogen-bond donors (Lipinski definition) is 2. The highest BCUT2D eigenvalue weighted by Crippen LogP contribution is 2.20. The van der Waals surface area contributed by atoms with E-state index in [1.807, 2.05) is 13.8 Å². The van der Waals surface area contributed by atoms with Crippen LogP contribution in [0.5, 0.6) is 0 Å². The Morgan fingerprint density at radius 3 is 2.44 bits per heavy atom. The Labute approximate surface area is 111 Å². The minimum absolute atomic E-state index is 0.116. The van der Waals surface area contributed by atoms with E-state index in [0.717, 1.165) is 19.5 Å². The van der Waals surface area contributed by atoms with Crippen molar-refractivity contribution in [2.24, 2.45) is 17.1 Å². The van der Waals surface area contributed by atoms with Crippen LogP contribution >= 0.6 is 0 Å². The first-order valence-electron chi connectivity index (χ1n) is 7.26. The molecule has 1 aliphatic rings. The molecule has 1 fully saturated rings. The largest absolute Gasteiger partial charge is 0.355 e. The third-order valence-electron chi connectivity index (χ3n) is 4.48. The monoisotopic (exact) mass is 255 g/mol. The first-order valence-corrected chi connectivity index (χ1v) is 7.26. The summed E-state index contributed by atoms with van der Waals surface area (Å²) < 4.78 is 0. The maximum absolute atomic E-state index is 12.1. The maximum atomic E-state index is 12.1. The number of nitrogens with two attached hydrogens (primary N) is 1. The number of amides is 1. The predicted octanol–water partition coefficient (Wildman–Crippen LogP) is 1.21. The minimum Gasteiger partial charge on any atom is -0.355 e. The van der Waals surface area contributed by atoms with Gasteiger partial charge in [0.25, 0.3) is 0 Å². The van der Waals surface area contributed by atoms with E-state index in [0.29, 0.717) is 12.5 Å². The SMILES string of the molecule is CCN1CCC(CNC(=O)C(C)(CC)CN)CC1. The van der Waals surface area contributed by atoms with Gasteiger partial charge in [0.05, 0.1) is 5.41 Å². The molecule has 0 spiro atoms. The number of rotatable bonds is 6. The summed E-state index contributed by atoms with van der Waals surface area (Å²) in [6, 6.07) is 0. The van der Waals surface area contributed by atoms with Crippen molar-refractivity contribution < 1.29 is 4.79 Å². The summed E-state index contributed by atoms with van der Waals surface area (Å²) in [6.07, 6.45) is 3.18. The lowest BCUT2D eigenvalue weighted by atomic mass is 9.86. The van der Waals surface area contributed by atoms with Crippen molar-refractivity contribution in [1.82, 2.24) is 10.2 Å². The summed E-state index contributed by atoms with van der Waals surface area (Å²) in [7, 11) is 0. The molecule has 0 aliphatic carbocycles. The van der Waals surface area contributed by atoms with Crippen molar-refractivity contribution in [3.63, 3.8) is 0 Å². The van der Waals surface area contributed by atoms with Crippen LogP contribution in [-0.4, -0.2) is 43.5 Å². The van der Waals surface area contributed by atoms with Crippen LogP contribution in [0, 0.1) is 11.3 Å². The van der Waals surface area contributed by atoms with Gasteiger partial charge in [-0.25, -0.2) is 0 Å². The van der Waals surface area contributed by atoms with E-state index < -0.39 is 5.41 Å². The smallest absolute Gasteiger partial charge is 0.227 e. The Morgan fingerprint density at radius 1 is 1.39 bits per heavy atom. The summed E-state index contributed by atoms with van der Waals surface area (Å²) >= 11 is 0. The third kappa shape index (κ3) is 3.95. The third-order valence-corrected chi connectivity index (χ3v) is 4.48. The van der Waals surface area contributed by atoms with E-state index in [1.165, 1.54) is 25.9 Å². The van der Waals surface area contributed by atoms with Crippen LogP contribution in [0.2, 0.25) is 0 Å². The Bertz CT molecular complexity index is 256. The molecule has 1 unspecified atom stereocenters. The van der Waals surface area contributed by atoms with E-state index in [9.17, 15) is 4.79 Å². The predicted molar refractivity (Wildman–Crippen MR) is 75.3 cm³/mol. The molecule has 1 saturated heterocycles. The average Bonchev–Trinajstić information content (AvgIpc) is 2.44. The Morgan fingerprint density at radius 2 is 2.00 bits per heavy atom. The van der Waals surface area contributed by atoms with Crippen molar-refractivity contribution >= 4 is 5.91 Å². The Kier molecular flexibility index (Phi) is 6.09. The zero-order valence-electron chi connectivity index (χ0n) is 12.2. The first-order chi connectivity index (χ1) is 8.55. The second kappa shape index (κ2) is 7.10. The van der Waals surface area contributed by atoms with Gasteiger partial charge in [0.2, 0.25) is 5.91 Å². The summed E-state index contributed by atoms with van der Waals surface area (Å²) in [5.74, 6) is 0.751. The molecule has 1 rings (SSSR count). The topological polar surface area (TPSA) is 58.4 Å². The lowest BCUT2D eigenvalue weighted by Crippen LogP contribution is -2.46. The van der Waals surface area contributed by atoms with E-state index in [-0.39, 0.29) is 5.91 Å². The van der Waals surface area contributed by atoms with Crippen LogP contribution in [0.15, 0.2) is 0 Å². The fourth-order valence-electron chi connectivity index (χ4n) is 2.35. The second-order valence-electron chi connectivity index (χ2n) is 5.71. The lowest BCUT2D eigenvalue weighted by molar-refractivity contribution is -0.130. The molecule has 4 heteroatoms. The van der Waals surface area contributed by atoms with Crippen molar-refractivity contribution in [3.05, 3.63) is 0 Å². The molecule has 0 bridgehead atoms. The molecule has 3 N–H and O–H groups in total. The number of carbonyl (C=O) groups excluding carboxylic acids is 1. The van der Waals surface area contributed by atoms with Crippen LogP contribution in [0.25, 0.3) is 0 Å². The van der Waals surface area contributed by atoms with Gasteiger partial charge >= 0.3 is 0 Å². The van der Waals surface area contributed by atoms with Gasteiger partial charge in [-0.1, -0.05) is 13.8 Å². The molecule has 0 saturated carbocycles. The van der Waals surface area contributed by atoms with Crippen LogP contribution in [0.4, 0.5) is 0 Å². The normalized spacial score (nSPS) is 21.6. The molecule has 18 heavy (non-hydrogen) atoms.